The van der Waals surface area contributed by atoms with Crippen LogP contribution in [0.2, 0.25) is 0 Å². The highest BCUT2D eigenvalue weighted by Crippen LogP contribution is 2.17. The first kappa shape index (κ1) is 17.2. The first-order valence-corrected chi connectivity index (χ1v) is 7.93. The van der Waals surface area contributed by atoms with Crippen LogP contribution in [0.1, 0.15) is 57.5 Å². The van der Waals surface area contributed by atoms with Crippen molar-refractivity contribution < 1.29 is 4.74 Å². The molecule has 0 saturated heterocycles. The van der Waals surface area contributed by atoms with Gasteiger partial charge in [0.25, 0.3) is 0 Å². The average Bonchev–Trinajstić information content (AvgIpc) is 2.78. The Morgan fingerprint density at radius 3 is 2.50 bits per heavy atom. The van der Waals surface area contributed by atoms with E-state index in [-0.39, 0.29) is 0 Å². The Bertz CT molecular complexity index is 385. The van der Waals surface area contributed by atoms with Crippen LogP contribution in [0.25, 0.3) is 0 Å². The largest absolute Gasteiger partial charge is 0.385 e. The Balaban J connectivity index is 2.78. The summed E-state index contributed by atoms with van der Waals surface area (Å²) < 4.78 is 7.33. The molecule has 1 heterocycles. The molecule has 0 aromatic carbocycles. The van der Waals surface area contributed by atoms with E-state index in [0.717, 1.165) is 45.4 Å². The predicted molar refractivity (Wildman–Crippen MR) is 84.1 cm³/mol. The Kier molecular flexibility index (Phi) is 7.85. The third-order valence-electron chi connectivity index (χ3n) is 3.57. The van der Waals surface area contributed by atoms with E-state index in [1.807, 2.05) is 0 Å². The number of nitrogens with zero attached hydrogens (tertiary/aromatic N) is 2. The maximum Gasteiger partial charge on any atom is 0.0669 e. The van der Waals surface area contributed by atoms with Crippen LogP contribution in [-0.4, -0.2) is 29.5 Å². The molecule has 4 nitrogen and oxygen atoms in total. The summed E-state index contributed by atoms with van der Waals surface area (Å²) in [6.45, 7) is 11.6. The molecule has 0 bridgehead atoms. The molecule has 0 aliphatic carbocycles. The van der Waals surface area contributed by atoms with Gasteiger partial charge in [-0.2, -0.15) is 5.10 Å². The average molecular weight is 281 g/mol. The lowest BCUT2D eigenvalue weighted by Crippen LogP contribution is -2.23. The topological polar surface area (TPSA) is 39.1 Å². The SMILES string of the molecule is CCc1nn(CCCCOC)c(CC)c1CNC(C)C. The van der Waals surface area contributed by atoms with Gasteiger partial charge in [0.15, 0.2) is 0 Å². The molecule has 20 heavy (non-hydrogen) atoms. The number of nitrogens with one attached hydrogen (secondary N) is 1. The van der Waals surface area contributed by atoms with E-state index in [1.54, 1.807) is 7.11 Å². The van der Waals surface area contributed by atoms with Crippen LogP contribution in [-0.2, 0) is 30.7 Å². The van der Waals surface area contributed by atoms with Gasteiger partial charge in [0, 0.05) is 44.1 Å². The fourth-order valence-electron chi connectivity index (χ4n) is 2.47. The number of aromatic nitrogens is 2. The summed E-state index contributed by atoms with van der Waals surface area (Å²) in [6, 6.07) is 0.509. The molecule has 0 aliphatic rings. The number of rotatable bonds is 10. The number of aryl methyl sites for hydroxylation is 2. The van der Waals surface area contributed by atoms with Crippen molar-refractivity contribution in [3.05, 3.63) is 17.0 Å². The van der Waals surface area contributed by atoms with Gasteiger partial charge in [-0.3, -0.25) is 4.68 Å². The quantitative estimate of drug-likeness (QED) is 0.670. The van der Waals surface area contributed by atoms with Crippen molar-refractivity contribution in [3.63, 3.8) is 0 Å². The lowest BCUT2D eigenvalue weighted by atomic mass is 10.1. The van der Waals surface area contributed by atoms with E-state index in [4.69, 9.17) is 9.84 Å². The van der Waals surface area contributed by atoms with E-state index in [9.17, 15) is 0 Å². The first-order chi connectivity index (χ1) is 9.63. The van der Waals surface area contributed by atoms with Crippen molar-refractivity contribution in [2.75, 3.05) is 13.7 Å². The molecular weight excluding hydrogens is 250 g/mol. The van der Waals surface area contributed by atoms with E-state index in [0.29, 0.717) is 6.04 Å². The lowest BCUT2D eigenvalue weighted by molar-refractivity contribution is 0.191. The molecular formula is C16H31N3O. The van der Waals surface area contributed by atoms with Crippen LogP contribution < -0.4 is 5.32 Å². The summed E-state index contributed by atoms with van der Waals surface area (Å²) in [7, 11) is 1.76. The van der Waals surface area contributed by atoms with Crippen LogP contribution in [0.5, 0.6) is 0 Å². The van der Waals surface area contributed by atoms with Gasteiger partial charge in [0.1, 0.15) is 0 Å². The van der Waals surface area contributed by atoms with Crippen LogP contribution in [0.3, 0.4) is 0 Å². The normalized spacial score (nSPS) is 11.5. The number of hydrogen-bond donors (Lipinski definition) is 1. The molecule has 4 heteroatoms. The van der Waals surface area contributed by atoms with Crippen LogP contribution in [0.15, 0.2) is 0 Å². The highest BCUT2D eigenvalue weighted by molar-refractivity contribution is 5.26. The smallest absolute Gasteiger partial charge is 0.0669 e. The van der Waals surface area contributed by atoms with Gasteiger partial charge < -0.3 is 10.1 Å². The fraction of sp³-hybridized carbons (Fsp3) is 0.812. The van der Waals surface area contributed by atoms with Crippen molar-refractivity contribution in [2.24, 2.45) is 0 Å². The second kappa shape index (κ2) is 9.14. The lowest BCUT2D eigenvalue weighted by Gasteiger charge is -2.11. The number of methoxy groups -OCH3 is 1. The molecule has 116 valence electrons. The molecule has 0 amide bonds. The predicted octanol–water partition coefficient (Wildman–Crippen LogP) is 2.93. The van der Waals surface area contributed by atoms with Crippen molar-refractivity contribution in [2.45, 2.75) is 72.5 Å². The van der Waals surface area contributed by atoms with Crippen molar-refractivity contribution in [3.8, 4) is 0 Å². The Morgan fingerprint density at radius 1 is 1.20 bits per heavy atom. The van der Waals surface area contributed by atoms with E-state index in [2.05, 4.69) is 37.7 Å². The molecule has 1 aromatic heterocycles. The Hall–Kier alpha value is -0.870. The van der Waals surface area contributed by atoms with E-state index >= 15 is 0 Å². The molecule has 0 aliphatic heterocycles. The number of unbranched alkanes of at least 4 members (excludes halogenated alkanes) is 1. The monoisotopic (exact) mass is 281 g/mol. The molecule has 0 unspecified atom stereocenters. The number of ether oxygens (including phenoxy) is 1. The zero-order valence-corrected chi connectivity index (χ0v) is 13.8. The van der Waals surface area contributed by atoms with Gasteiger partial charge in [0.2, 0.25) is 0 Å². The molecule has 1 N–H and O–H groups in total. The minimum Gasteiger partial charge on any atom is -0.385 e. The zero-order valence-electron chi connectivity index (χ0n) is 13.8. The second-order valence-electron chi connectivity index (χ2n) is 5.54. The van der Waals surface area contributed by atoms with Crippen molar-refractivity contribution in [1.29, 1.82) is 0 Å². The summed E-state index contributed by atoms with van der Waals surface area (Å²) in [5.74, 6) is 0. The van der Waals surface area contributed by atoms with Crippen molar-refractivity contribution >= 4 is 0 Å². The van der Waals surface area contributed by atoms with Crippen molar-refractivity contribution in [1.82, 2.24) is 15.1 Å². The van der Waals surface area contributed by atoms with Crippen LogP contribution in [0.4, 0.5) is 0 Å². The van der Waals surface area contributed by atoms with Gasteiger partial charge in [-0.1, -0.05) is 27.7 Å². The maximum atomic E-state index is 5.11. The fourth-order valence-corrected chi connectivity index (χ4v) is 2.47. The van der Waals surface area contributed by atoms with Gasteiger partial charge in [-0.05, 0) is 25.7 Å². The van der Waals surface area contributed by atoms with Gasteiger partial charge >= 0.3 is 0 Å². The summed E-state index contributed by atoms with van der Waals surface area (Å²) in [6.07, 6.45) is 4.28. The molecule has 1 aromatic rings. The molecule has 0 spiro atoms. The van der Waals surface area contributed by atoms with Gasteiger partial charge in [-0.15, -0.1) is 0 Å². The minimum atomic E-state index is 0.509. The second-order valence-corrected chi connectivity index (χ2v) is 5.54. The first-order valence-electron chi connectivity index (χ1n) is 7.93. The maximum absolute atomic E-state index is 5.11. The highest BCUT2D eigenvalue weighted by Gasteiger charge is 2.15. The molecule has 0 fully saturated rings. The third kappa shape index (κ3) is 4.91. The molecule has 0 radical (unpaired) electrons. The Morgan fingerprint density at radius 2 is 1.95 bits per heavy atom. The minimum absolute atomic E-state index is 0.509. The van der Waals surface area contributed by atoms with E-state index < -0.39 is 0 Å². The summed E-state index contributed by atoms with van der Waals surface area (Å²) >= 11 is 0. The van der Waals surface area contributed by atoms with Gasteiger partial charge in [-0.25, -0.2) is 0 Å². The van der Waals surface area contributed by atoms with Gasteiger partial charge in [0.05, 0.1) is 5.69 Å². The highest BCUT2D eigenvalue weighted by atomic mass is 16.5. The molecule has 0 atom stereocenters. The summed E-state index contributed by atoms with van der Waals surface area (Å²) in [5.41, 5.74) is 4.06. The van der Waals surface area contributed by atoms with Crippen LogP contribution in [0, 0.1) is 0 Å². The Labute approximate surface area is 123 Å². The van der Waals surface area contributed by atoms with E-state index in [1.165, 1.54) is 17.0 Å². The van der Waals surface area contributed by atoms with Crippen LogP contribution >= 0.6 is 0 Å². The standard InChI is InChI=1S/C16H31N3O/c1-6-15-14(12-17-13(3)4)16(7-2)19(18-15)10-8-9-11-20-5/h13,17H,6-12H2,1-5H3. The number of hydrogen-bond acceptors (Lipinski definition) is 3. The zero-order chi connectivity index (χ0) is 15.0. The third-order valence-corrected chi connectivity index (χ3v) is 3.57. The molecule has 1 rings (SSSR count). The summed E-state index contributed by atoms with van der Waals surface area (Å²) in [4.78, 5) is 0. The summed E-state index contributed by atoms with van der Waals surface area (Å²) in [5, 5.41) is 8.34. The molecule has 0 saturated carbocycles.